The number of nitrogens with zero attached hydrogens (tertiary/aromatic N) is 1. The molecule has 0 amide bonds. The van der Waals surface area contributed by atoms with Crippen LogP contribution in [0.2, 0.25) is 0 Å². The van der Waals surface area contributed by atoms with E-state index in [9.17, 15) is 5.11 Å². The Morgan fingerprint density at radius 1 is 1.00 bits per heavy atom. The molecular formula is C13H14N2O3. The van der Waals surface area contributed by atoms with Gasteiger partial charge in [-0.3, -0.25) is 9.80 Å². The minimum Gasteiger partial charge on any atom is -0.506 e. The van der Waals surface area contributed by atoms with E-state index in [1.807, 2.05) is 36.4 Å². The number of para-hydroxylation sites is 3. The standard InChI is InChI=1S/C12H12N2O.CH2O2/c13-14(10-6-2-1-3-7-10)11-8-4-5-9-12(11)15;2-1-3/h1-9,15H,13H2;1H,(H,2,3). The second-order valence-corrected chi connectivity index (χ2v) is 3.30. The summed E-state index contributed by atoms with van der Waals surface area (Å²) in [5.41, 5.74) is 1.42. The van der Waals surface area contributed by atoms with Crippen molar-refractivity contribution in [3.05, 3.63) is 54.6 Å². The summed E-state index contributed by atoms with van der Waals surface area (Å²) in [6, 6.07) is 16.4. The van der Waals surface area contributed by atoms with Gasteiger partial charge in [0.25, 0.3) is 6.47 Å². The molecule has 0 fully saturated rings. The molecule has 0 heterocycles. The van der Waals surface area contributed by atoms with Gasteiger partial charge in [-0.05, 0) is 24.3 Å². The molecule has 0 atom stereocenters. The van der Waals surface area contributed by atoms with Crippen LogP contribution in [0.4, 0.5) is 11.4 Å². The molecule has 2 rings (SSSR count). The Hall–Kier alpha value is -2.53. The molecule has 2 aromatic carbocycles. The van der Waals surface area contributed by atoms with Crippen LogP contribution in [-0.4, -0.2) is 16.7 Å². The highest BCUT2D eigenvalue weighted by Gasteiger charge is 2.07. The van der Waals surface area contributed by atoms with E-state index in [0.29, 0.717) is 5.69 Å². The van der Waals surface area contributed by atoms with Gasteiger partial charge >= 0.3 is 0 Å². The number of rotatable bonds is 2. The van der Waals surface area contributed by atoms with Crippen molar-refractivity contribution >= 4 is 17.8 Å². The van der Waals surface area contributed by atoms with Gasteiger partial charge in [0.1, 0.15) is 5.75 Å². The lowest BCUT2D eigenvalue weighted by molar-refractivity contribution is -0.122. The van der Waals surface area contributed by atoms with Crippen LogP contribution in [0.25, 0.3) is 0 Å². The molecule has 5 nitrogen and oxygen atoms in total. The summed E-state index contributed by atoms with van der Waals surface area (Å²) >= 11 is 0. The maximum absolute atomic E-state index is 9.62. The Labute approximate surface area is 105 Å². The number of hydrogen-bond acceptors (Lipinski definition) is 4. The van der Waals surface area contributed by atoms with E-state index >= 15 is 0 Å². The van der Waals surface area contributed by atoms with Gasteiger partial charge in [0, 0.05) is 0 Å². The van der Waals surface area contributed by atoms with Gasteiger partial charge in [0.05, 0.1) is 11.4 Å². The normalized spacial score (nSPS) is 8.94. The van der Waals surface area contributed by atoms with Crippen molar-refractivity contribution in [2.75, 3.05) is 5.01 Å². The molecule has 0 bridgehead atoms. The van der Waals surface area contributed by atoms with Gasteiger partial charge in [-0.25, -0.2) is 5.84 Å². The third-order valence-corrected chi connectivity index (χ3v) is 2.18. The molecule has 0 spiro atoms. The van der Waals surface area contributed by atoms with Crippen LogP contribution >= 0.6 is 0 Å². The Kier molecular flexibility index (Phi) is 5.21. The lowest BCUT2D eigenvalue weighted by atomic mass is 10.2. The van der Waals surface area contributed by atoms with Gasteiger partial charge < -0.3 is 10.2 Å². The van der Waals surface area contributed by atoms with E-state index in [0.717, 1.165) is 5.69 Å². The van der Waals surface area contributed by atoms with Crippen molar-refractivity contribution in [3.8, 4) is 5.75 Å². The van der Waals surface area contributed by atoms with Crippen LogP contribution < -0.4 is 10.9 Å². The third-order valence-electron chi connectivity index (χ3n) is 2.18. The highest BCUT2D eigenvalue weighted by Crippen LogP contribution is 2.29. The van der Waals surface area contributed by atoms with E-state index in [-0.39, 0.29) is 12.2 Å². The predicted molar refractivity (Wildman–Crippen MR) is 69.6 cm³/mol. The van der Waals surface area contributed by atoms with E-state index in [1.165, 1.54) is 5.01 Å². The van der Waals surface area contributed by atoms with E-state index in [2.05, 4.69) is 0 Å². The van der Waals surface area contributed by atoms with Crippen LogP contribution in [0, 0.1) is 0 Å². The van der Waals surface area contributed by atoms with Crippen molar-refractivity contribution in [3.63, 3.8) is 0 Å². The van der Waals surface area contributed by atoms with Crippen LogP contribution in [-0.2, 0) is 4.79 Å². The first-order chi connectivity index (χ1) is 8.70. The average Bonchev–Trinajstić information content (AvgIpc) is 2.40. The van der Waals surface area contributed by atoms with E-state index in [4.69, 9.17) is 15.7 Å². The summed E-state index contributed by atoms with van der Waals surface area (Å²) in [6.07, 6.45) is 0. The minimum absolute atomic E-state index is 0.170. The molecule has 5 heteroatoms. The molecular weight excluding hydrogens is 232 g/mol. The number of anilines is 2. The summed E-state index contributed by atoms with van der Waals surface area (Å²) in [6.45, 7) is -0.250. The van der Waals surface area contributed by atoms with Gasteiger partial charge in [-0.1, -0.05) is 30.3 Å². The zero-order valence-corrected chi connectivity index (χ0v) is 9.60. The molecule has 2 aromatic rings. The van der Waals surface area contributed by atoms with Crippen molar-refractivity contribution in [1.29, 1.82) is 0 Å². The number of hydrazine groups is 1. The van der Waals surface area contributed by atoms with E-state index < -0.39 is 0 Å². The molecule has 0 aromatic heterocycles. The lowest BCUT2D eigenvalue weighted by Crippen LogP contribution is -2.24. The quantitative estimate of drug-likeness (QED) is 0.429. The zero-order valence-electron chi connectivity index (χ0n) is 9.60. The molecule has 0 radical (unpaired) electrons. The topological polar surface area (TPSA) is 86.8 Å². The summed E-state index contributed by atoms with van der Waals surface area (Å²) in [5.74, 6) is 6.06. The molecule has 0 aliphatic rings. The minimum atomic E-state index is -0.250. The van der Waals surface area contributed by atoms with Crippen LogP contribution in [0.5, 0.6) is 5.75 Å². The number of benzene rings is 2. The number of nitrogens with two attached hydrogens (primary N) is 1. The van der Waals surface area contributed by atoms with Crippen LogP contribution in [0.15, 0.2) is 54.6 Å². The summed E-state index contributed by atoms with van der Waals surface area (Å²) in [4.78, 5) is 8.36. The first-order valence-corrected chi connectivity index (χ1v) is 5.16. The number of carboxylic acid groups (broad SMARTS) is 1. The van der Waals surface area contributed by atoms with Crippen molar-refractivity contribution in [2.24, 2.45) is 5.84 Å². The first kappa shape index (κ1) is 13.5. The SMILES string of the molecule is NN(c1ccccc1)c1ccccc1O.O=CO. The largest absolute Gasteiger partial charge is 0.506 e. The second kappa shape index (κ2) is 6.93. The second-order valence-electron chi connectivity index (χ2n) is 3.30. The first-order valence-electron chi connectivity index (χ1n) is 5.16. The molecule has 94 valence electrons. The molecule has 0 saturated heterocycles. The fraction of sp³-hybridized carbons (Fsp3) is 0. The molecule has 0 aliphatic carbocycles. The number of phenolic OH excluding ortho intramolecular Hbond substituents is 1. The maximum atomic E-state index is 9.62. The van der Waals surface area contributed by atoms with Gasteiger partial charge in [0.2, 0.25) is 0 Å². The number of phenols is 1. The Morgan fingerprint density at radius 3 is 2.06 bits per heavy atom. The zero-order chi connectivity index (χ0) is 13.4. The van der Waals surface area contributed by atoms with E-state index in [1.54, 1.807) is 18.2 Å². The fourth-order valence-electron chi connectivity index (χ4n) is 1.40. The Bertz CT molecular complexity index is 489. The van der Waals surface area contributed by atoms with Gasteiger partial charge in [0.15, 0.2) is 0 Å². The fourth-order valence-corrected chi connectivity index (χ4v) is 1.40. The average molecular weight is 246 g/mol. The Morgan fingerprint density at radius 2 is 1.50 bits per heavy atom. The molecule has 4 N–H and O–H groups in total. The molecule has 18 heavy (non-hydrogen) atoms. The lowest BCUT2D eigenvalue weighted by Gasteiger charge is -2.19. The van der Waals surface area contributed by atoms with Crippen LogP contribution in [0.3, 0.4) is 0 Å². The monoisotopic (exact) mass is 246 g/mol. The molecule has 0 saturated carbocycles. The van der Waals surface area contributed by atoms with Gasteiger partial charge in [-0.2, -0.15) is 0 Å². The molecule has 0 aliphatic heterocycles. The highest BCUT2D eigenvalue weighted by molar-refractivity contribution is 5.67. The highest BCUT2D eigenvalue weighted by atomic mass is 16.3. The number of hydrogen-bond donors (Lipinski definition) is 3. The van der Waals surface area contributed by atoms with Gasteiger partial charge in [-0.15, -0.1) is 0 Å². The molecule has 0 unspecified atom stereocenters. The van der Waals surface area contributed by atoms with Crippen molar-refractivity contribution in [2.45, 2.75) is 0 Å². The maximum Gasteiger partial charge on any atom is 0.290 e. The predicted octanol–water partition coefficient (Wildman–Crippen LogP) is 2.10. The summed E-state index contributed by atoms with van der Waals surface area (Å²) < 4.78 is 0. The van der Waals surface area contributed by atoms with Crippen molar-refractivity contribution in [1.82, 2.24) is 0 Å². The number of aromatic hydroxyl groups is 1. The number of carbonyl (C=O) groups is 1. The van der Waals surface area contributed by atoms with Crippen LogP contribution in [0.1, 0.15) is 0 Å². The third kappa shape index (κ3) is 3.50. The summed E-state index contributed by atoms with van der Waals surface area (Å²) in [5, 5.41) is 18.0. The summed E-state index contributed by atoms with van der Waals surface area (Å²) in [7, 11) is 0. The Balaban J connectivity index is 0.000000492. The smallest absolute Gasteiger partial charge is 0.290 e. The van der Waals surface area contributed by atoms with Crippen molar-refractivity contribution < 1.29 is 15.0 Å².